The van der Waals surface area contributed by atoms with Gasteiger partial charge in [0.2, 0.25) is 0 Å². The summed E-state index contributed by atoms with van der Waals surface area (Å²) >= 11 is 0. The maximum absolute atomic E-state index is 10.6. The summed E-state index contributed by atoms with van der Waals surface area (Å²) in [5.74, 6) is -0.724. The Morgan fingerprint density at radius 3 is 2.89 bits per heavy atom. The summed E-state index contributed by atoms with van der Waals surface area (Å²) in [4.78, 5) is 10.6. The van der Waals surface area contributed by atoms with Gasteiger partial charge in [0.25, 0.3) is 0 Å². The molecular formula is C16H19NO2. The molecule has 0 aliphatic carbocycles. The first-order chi connectivity index (χ1) is 9.22. The lowest BCUT2D eigenvalue weighted by molar-refractivity contribution is -0.137. The van der Waals surface area contributed by atoms with Crippen LogP contribution in [0.25, 0.3) is 10.9 Å². The first-order valence-corrected chi connectivity index (χ1v) is 6.62. The minimum atomic E-state index is -0.724. The highest BCUT2D eigenvalue weighted by atomic mass is 16.4. The van der Waals surface area contributed by atoms with Gasteiger partial charge in [-0.05, 0) is 31.4 Å². The van der Waals surface area contributed by atoms with Crippen LogP contribution < -0.4 is 0 Å². The van der Waals surface area contributed by atoms with Crippen LogP contribution in [0.15, 0.2) is 42.6 Å². The predicted octanol–water partition coefficient (Wildman–Crippen LogP) is 3.62. The van der Waals surface area contributed by atoms with Gasteiger partial charge < -0.3 is 9.67 Å². The van der Waals surface area contributed by atoms with Crippen LogP contribution in [0.4, 0.5) is 0 Å². The molecule has 100 valence electrons. The Morgan fingerprint density at radius 2 is 2.16 bits per heavy atom. The van der Waals surface area contributed by atoms with Crippen molar-refractivity contribution in [2.75, 3.05) is 0 Å². The summed E-state index contributed by atoms with van der Waals surface area (Å²) in [6, 6.07) is 8.29. The number of carboxylic acid groups (broad SMARTS) is 1. The van der Waals surface area contributed by atoms with E-state index in [1.165, 1.54) is 16.5 Å². The highest BCUT2D eigenvalue weighted by molar-refractivity contribution is 5.84. The molecule has 0 radical (unpaired) electrons. The highest BCUT2D eigenvalue weighted by Gasteiger charge is 2.07. The van der Waals surface area contributed by atoms with Gasteiger partial charge in [0, 0.05) is 30.1 Å². The van der Waals surface area contributed by atoms with E-state index in [0.29, 0.717) is 6.42 Å². The van der Waals surface area contributed by atoms with Crippen LogP contribution in [0.1, 0.15) is 25.3 Å². The first kappa shape index (κ1) is 13.4. The molecule has 0 bridgehead atoms. The lowest BCUT2D eigenvalue weighted by Crippen LogP contribution is -1.95. The Morgan fingerprint density at radius 1 is 1.37 bits per heavy atom. The smallest absolute Gasteiger partial charge is 0.303 e. The molecule has 0 aliphatic heterocycles. The molecule has 0 fully saturated rings. The molecule has 0 aliphatic rings. The highest BCUT2D eigenvalue weighted by Crippen LogP contribution is 2.23. The van der Waals surface area contributed by atoms with Crippen molar-refractivity contribution in [1.29, 1.82) is 0 Å². The van der Waals surface area contributed by atoms with E-state index in [1.807, 2.05) is 25.1 Å². The SMILES string of the molecule is C/C=C/Cn1cc(CCCC(=O)O)c2ccccc21. The second-order valence-electron chi connectivity index (χ2n) is 4.64. The fourth-order valence-corrected chi connectivity index (χ4v) is 2.32. The molecular weight excluding hydrogens is 238 g/mol. The molecule has 0 saturated heterocycles. The number of allylic oxidation sites excluding steroid dienone is 2. The lowest BCUT2D eigenvalue weighted by Gasteiger charge is -1.99. The van der Waals surface area contributed by atoms with E-state index in [0.717, 1.165) is 13.0 Å². The maximum Gasteiger partial charge on any atom is 0.303 e. The predicted molar refractivity (Wildman–Crippen MR) is 77.3 cm³/mol. The van der Waals surface area contributed by atoms with Crippen molar-refractivity contribution in [3.8, 4) is 0 Å². The second-order valence-corrected chi connectivity index (χ2v) is 4.64. The van der Waals surface area contributed by atoms with Crippen LogP contribution >= 0.6 is 0 Å². The van der Waals surface area contributed by atoms with Crippen molar-refractivity contribution in [2.45, 2.75) is 32.7 Å². The summed E-state index contributed by atoms with van der Waals surface area (Å²) < 4.78 is 2.21. The number of nitrogens with zero attached hydrogens (tertiary/aromatic N) is 1. The molecule has 0 saturated carbocycles. The van der Waals surface area contributed by atoms with Crippen LogP contribution in [-0.4, -0.2) is 15.6 Å². The van der Waals surface area contributed by atoms with Crippen LogP contribution in [0, 0.1) is 0 Å². The zero-order valence-corrected chi connectivity index (χ0v) is 11.2. The molecule has 3 heteroatoms. The van der Waals surface area contributed by atoms with E-state index in [1.54, 1.807) is 0 Å². The number of hydrogen-bond donors (Lipinski definition) is 1. The summed E-state index contributed by atoms with van der Waals surface area (Å²) in [5, 5.41) is 9.95. The van der Waals surface area contributed by atoms with Gasteiger partial charge in [-0.25, -0.2) is 0 Å². The van der Waals surface area contributed by atoms with Gasteiger partial charge in [0.15, 0.2) is 0 Å². The van der Waals surface area contributed by atoms with Crippen LogP contribution in [0.5, 0.6) is 0 Å². The number of carboxylic acids is 1. The number of aryl methyl sites for hydroxylation is 1. The number of hydrogen-bond acceptors (Lipinski definition) is 1. The fourth-order valence-electron chi connectivity index (χ4n) is 2.32. The van der Waals surface area contributed by atoms with Gasteiger partial charge in [-0.1, -0.05) is 30.4 Å². The number of aliphatic carboxylic acids is 1. The Hall–Kier alpha value is -2.03. The van der Waals surface area contributed by atoms with Crippen molar-refractivity contribution in [3.05, 3.63) is 48.2 Å². The van der Waals surface area contributed by atoms with Gasteiger partial charge in [-0.2, -0.15) is 0 Å². The monoisotopic (exact) mass is 257 g/mol. The molecule has 2 rings (SSSR count). The Labute approximate surface area is 113 Å². The maximum atomic E-state index is 10.6. The summed E-state index contributed by atoms with van der Waals surface area (Å²) in [7, 11) is 0. The molecule has 19 heavy (non-hydrogen) atoms. The van der Waals surface area contributed by atoms with Crippen molar-refractivity contribution in [1.82, 2.24) is 4.57 Å². The van der Waals surface area contributed by atoms with Gasteiger partial charge in [-0.15, -0.1) is 0 Å². The van der Waals surface area contributed by atoms with Crippen molar-refractivity contribution in [3.63, 3.8) is 0 Å². The molecule has 3 nitrogen and oxygen atoms in total. The number of rotatable bonds is 6. The third kappa shape index (κ3) is 3.25. The van der Waals surface area contributed by atoms with Gasteiger partial charge >= 0.3 is 5.97 Å². The fraction of sp³-hybridized carbons (Fsp3) is 0.312. The lowest BCUT2D eigenvalue weighted by atomic mass is 10.1. The average molecular weight is 257 g/mol. The van der Waals surface area contributed by atoms with E-state index in [4.69, 9.17) is 5.11 Å². The second kappa shape index (κ2) is 6.23. The summed E-state index contributed by atoms with van der Waals surface area (Å²) in [5.41, 5.74) is 2.45. The average Bonchev–Trinajstić information content (AvgIpc) is 2.75. The van der Waals surface area contributed by atoms with E-state index >= 15 is 0 Å². The van der Waals surface area contributed by atoms with Gasteiger partial charge in [0.1, 0.15) is 0 Å². The largest absolute Gasteiger partial charge is 0.481 e. The molecule has 1 heterocycles. The van der Waals surface area contributed by atoms with Crippen molar-refractivity contribution < 1.29 is 9.90 Å². The Balaban J connectivity index is 2.25. The molecule has 1 aromatic heterocycles. The Kier molecular flexibility index (Phi) is 4.39. The third-order valence-electron chi connectivity index (χ3n) is 3.25. The molecule has 0 unspecified atom stereocenters. The first-order valence-electron chi connectivity index (χ1n) is 6.62. The topological polar surface area (TPSA) is 42.2 Å². The minimum absolute atomic E-state index is 0.231. The van der Waals surface area contributed by atoms with Gasteiger partial charge in [0.05, 0.1) is 0 Å². The molecule has 0 spiro atoms. The minimum Gasteiger partial charge on any atom is -0.481 e. The van der Waals surface area contributed by atoms with E-state index < -0.39 is 5.97 Å². The standard InChI is InChI=1S/C16H19NO2/c1-2-3-11-17-12-13(7-6-10-16(18)19)14-8-4-5-9-15(14)17/h2-5,8-9,12H,6-7,10-11H2,1H3,(H,18,19)/b3-2+. The third-order valence-corrected chi connectivity index (χ3v) is 3.25. The van der Waals surface area contributed by atoms with Crippen molar-refractivity contribution >= 4 is 16.9 Å². The summed E-state index contributed by atoms with van der Waals surface area (Å²) in [6.45, 7) is 2.87. The molecule has 0 atom stereocenters. The zero-order valence-electron chi connectivity index (χ0n) is 11.2. The number of carbonyl (C=O) groups is 1. The Bertz CT molecular complexity index is 596. The molecule has 2 aromatic rings. The molecule has 1 aromatic carbocycles. The molecule has 0 amide bonds. The summed E-state index contributed by atoms with van der Waals surface area (Å²) in [6.07, 6.45) is 8.04. The van der Waals surface area contributed by atoms with E-state index in [2.05, 4.69) is 29.0 Å². The number of fused-ring (bicyclic) bond motifs is 1. The number of para-hydroxylation sites is 1. The van der Waals surface area contributed by atoms with Gasteiger partial charge in [-0.3, -0.25) is 4.79 Å². The van der Waals surface area contributed by atoms with Crippen molar-refractivity contribution in [2.24, 2.45) is 0 Å². The van der Waals surface area contributed by atoms with E-state index in [9.17, 15) is 4.79 Å². The van der Waals surface area contributed by atoms with Crippen LogP contribution in [-0.2, 0) is 17.8 Å². The normalized spacial score (nSPS) is 11.4. The zero-order chi connectivity index (χ0) is 13.7. The quantitative estimate of drug-likeness (QED) is 0.803. The number of aromatic nitrogens is 1. The van der Waals surface area contributed by atoms with E-state index in [-0.39, 0.29) is 6.42 Å². The number of benzene rings is 1. The molecule has 1 N–H and O–H groups in total. The van der Waals surface area contributed by atoms with Crippen LogP contribution in [0.3, 0.4) is 0 Å². The van der Waals surface area contributed by atoms with Crippen LogP contribution in [0.2, 0.25) is 0 Å².